The number of hydrogen-bond acceptors (Lipinski definition) is 5. The lowest BCUT2D eigenvalue weighted by Crippen LogP contribution is -2.48. The van der Waals surface area contributed by atoms with Crippen LogP contribution in [0.2, 0.25) is 0 Å². The molecule has 118 valence electrons. The Morgan fingerprint density at radius 1 is 1.19 bits per heavy atom. The molecule has 0 spiro atoms. The molecule has 0 fully saturated rings. The van der Waals surface area contributed by atoms with Crippen molar-refractivity contribution in [1.82, 2.24) is 5.32 Å². The zero-order valence-corrected chi connectivity index (χ0v) is 13.3. The van der Waals surface area contributed by atoms with E-state index >= 15 is 0 Å². The standard InChI is InChI=1S/C16H25NO4/c1-5-20-13-7-9-14(10-8-13)21-12-6-11-16(2,17-3)15(18)19-4/h7-10,17H,5-6,11-12H2,1-4H3. The van der Waals surface area contributed by atoms with Crippen LogP contribution in [-0.4, -0.2) is 38.9 Å². The lowest BCUT2D eigenvalue weighted by molar-refractivity contribution is -0.148. The van der Waals surface area contributed by atoms with Crippen LogP contribution in [0.4, 0.5) is 0 Å². The second-order valence-electron chi connectivity index (χ2n) is 4.93. The third kappa shape index (κ3) is 5.27. The molecule has 0 heterocycles. The maximum absolute atomic E-state index is 11.7. The number of methoxy groups -OCH3 is 1. The fraction of sp³-hybridized carbons (Fsp3) is 0.562. The summed E-state index contributed by atoms with van der Waals surface area (Å²) in [5.41, 5.74) is -0.670. The second-order valence-corrected chi connectivity index (χ2v) is 4.93. The van der Waals surface area contributed by atoms with Crippen molar-refractivity contribution in [2.75, 3.05) is 27.4 Å². The van der Waals surface area contributed by atoms with Gasteiger partial charge in [-0.3, -0.25) is 4.79 Å². The van der Waals surface area contributed by atoms with Gasteiger partial charge in [-0.2, -0.15) is 0 Å². The van der Waals surface area contributed by atoms with Gasteiger partial charge in [-0.15, -0.1) is 0 Å². The molecule has 0 aliphatic heterocycles. The lowest BCUT2D eigenvalue weighted by atomic mass is 9.96. The fourth-order valence-electron chi connectivity index (χ4n) is 1.97. The molecule has 0 bridgehead atoms. The van der Waals surface area contributed by atoms with Crippen LogP contribution in [0.15, 0.2) is 24.3 Å². The Labute approximate surface area is 126 Å². The van der Waals surface area contributed by atoms with Crippen LogP contribution < -0.4 is 14.8 Å². The van der Waals surface area contributed by atoms with E-state index in [1.807, 2.05) is 38.1 Å². The van der Waals surface area contributed by atoms with Gasteiger partial charge in [0.15, 0.2) is 0 Å². The highest BCUT2D eigenvalue weighted by Crippen LogP contribution is 2.19. The molecule has 21 heavy (non-hydrogen) atoms. The smallest absolute Gasteiger partial charge is 0.325 e. The van der Waals surface area contributed by atoms with Gasteiger partial charge >= 0.3 is 5.97 Å². The second kappa shape index (κ2) is 8.52. The quantitative estimate of drug-likeness (QED) is 0.560. The Hall–Kier alpha value is -1.75. The van der Waals surface area contributed by atoms with Crippen molar-refractivity contribution in [1.29, 1.82) is 0 Å². The first-order valence-corrected chi connectivity index (χ1v) is 7.18. The summed E-state index contributed by atoms with van der Waals surface area (Å²) in [4.78, 5) is 11.7. The average molecular weight is 295 g/mol. The zero-order chi connectivity index (χ0) is 15.7. The Morgan fingerprint density at radius 2 is 1.76 bits per heavy atom. The number of likely N-dealkylation sites (N-methyl/N-ethyl adjacent to an activating group) is 1. The average Bonchev–Trinajstić information content (AvgIpc) is 2.52. The number of hydrogen-bond donors (Lipinski definition) is 1. The van der Waals surface area contributed by atoms with Crippen LogP contribution in [-0.2, 0) is 9.53 Å². The van der Waals surface area contributed by atoms with Crippen molar-refractivity contribution >= 4 is 5.97 Å². The van der Waals surface area contributed by atoms with Crippen molar-refractivity contribution in [3.63, 3.8) is 0 Å². The number of esters is 1. The molecule has 0 radical (unpaired) electrons. The molecule has 1 aromatic carbocycles. The third-order valence-electron chi connectivity index (χ3n) is 3.41. The Balaban J connectivity index is 2.37. The van der Waals surface area contributed by atoms with Gasteiger partial charge in [0.05, 0.1) is 20.3 Å². The van der Waals surface area contributed by atoms with Gasteiger partial charge in [-0.25, -0.2) is 0 Å². The van der Waals surface area contributed by atoms with E-state index in [-0.39, 0.29) is 5.97 Å². The number of carbonyl (C=O) groups is 1. The summed E-state index contributed by atoms with van der Waals surface area (Å²) >= 11 is 0. The van der Waals surface area contributed by atoms with Crippen molar-refractivity contribution in [2.24, 2.45) is 0 Å². The highest BCUT2D eigenvalue weighted by molar-refractivity contribution is 5.80. The first kappa shape index (κ1) is 17.3. The molecule has 1 N–H and O–H groups in total. The number of ether oxygens (including phenoxy) is 3. The SMILES string of the molecule is CCOc1ccc(OCCCC(C)(NC)C(=O)OC)cc1. The molecule has 0 aliphatic rings. The minimum atomic E-state index is -0.670. The molecule has 1 atom stereocenters. The molecule has 0 saturated heterocycles. The summed E-state index contributed by atoms with van der Waals surface area (Å²) < 4.78 is 15.8. The van der Waals surface area contributed by atoms with Gasteiger partial charge in [-0.05, 0) is 58.0 Å². The molecule has 1 aromatic rings. The molecule has 0 aliphatic carbocycles. The molecule has 1 unspecified atom stereocenters. The van der Waals surface area contributed by atoms with Gasteiger partial charge in [0.2, 0.25) is 0 Å². The summed E-state index contributed by atoms with van der Waals surface area (Å²) in [5, 5.41) is 3.00. The summed E-state index contributed by atoms with van der Waals surface area (Å²) in [7, 11) is 3.15. The topological polar surface area (TPSA) is 56.8 Å². The first-order chi connectivity index (χ1) is 10.1. The largest absolute Gasteiger partial charge is 0.494 e. The van der Waals surface area contributed by atoms with E-state index in [0.29, 0.717) is 19.6 Å². The van der Waals surface area contributed by atoms with Gasteiger partial charge < -0.3 is 19.5 Å². The molecule has 0 saturated carbocycles. The summed E-state index contributed by atoms with van der Waals surface area (Å²) in [5.74, 6) is 1.37. The minimum absolute atomic E-state index is 0.258. The van der Waals surface area contributed by atoms with Gasteiger partial charge in [-0.1, -0.05) is 0 Å². The Bertz CT molecular complexity index is 432. The summed E-state index contributed by atoms with van der Waals surface area (Å²) in [6, 6.07) is 7.52. The lowest BCUT2D eigenvalue weighted by Gasteiger charge is -2.25. The van der Waals surface area contributed by atoms with Crippen LogP contribution in [0.25, 0.3) is 0 Å². The van der Waals surface area contributed by atoms with Gasteiger partial charge in [0, 0.05) is 0 Å². The summed E-state index contributed by atoms with van der Waals surface area (Å²) in [6.45, 7) is 4.97. The number of nitrogens with one attached hydrogen (secondary N) is 1. The Morgan fingerprint density at radius 3 is 2.24 bits per heavy atom. The van der Waals surface area contributed by atoms with Crippen LogP contribution in [0, 0.1) is 0 Å². The normalized spacial score (nSPS) is 13.3. The van der Waals surface area contributed by atoms with E-state index in [1.54, 1.807) is 7.05 Å². The van der Waals surface area contributed by atoms with E-state index in [1.165, 1.54) is 7.11 Å². The number of rotatable bonds is 9. The van der Waals surface area contributed by atoms with Crippen molar-refractivity contribution < 1.29 is 19.0 Å². The van der Waals surface area contributed by atoms with Gasteiger partial charge in [0.1, 0.15) is 17.0 Å². The van der Waals surface area contributed by atoms with Crippen LogP contribution in [0.1, 0.15) is 26.7 Å². The molecule has 1 rings (SSSR count). The maximum atomic E-state index is 11.7. The number of benzene rings is 1. The number of carbonyl (C=O) groups excluding carboxylic acids is 1. The molecule has 0 amide bonds. The molecular formula is C16H25NO4. The molecular weight excluding hydrogens is 270 g/mol. The van der Waals surface area contributed by atoms with E-state index < -0.39 is 5.54 Å². The van der Waals surface area contributed by atoms with E-state index in [0.717, 1.165) is 17.9 Å². The minimum Gasteiger partial charge on any atom is -0.494 e. The van der Waals surface area contributed by atoms with E-state index in [9.17, 15) is 4.79 Å². The first-order valence-electron chi connectivity index (χ1n) is 7.18. The molecule has 5 heteroatoms. The van der Waals surface area contributed by atoms with E-state index in [4.69, 9.17) is 14.2 Å². The highest BCUT2D eigenvalue weighted by Gasteiger charge is 2.31. The van der Waals surface area contributed by atoms with E-state index in [2.05, 4.69) is 5.32 Å². The van der Waals surface area contributed by atoms with Crippen molar-refractivity contribution in [3.05, 3.63) is 24.3 Å². The maximum Gasteiger partial charge on any atom is 0.325 e. The highest BCUT2D eigenvalue weighted by atomic mass is 16.5. The van der Waals surface area contributed by atoms with Crippen molar-refractivity contribution in [3.8, 4) is 11.5 Å². The summed E-state index contributed by atoms with van der Waals surface area (Å²) in [6.07, 6.45) is 1.40. The fourth-order valence-corrected chi connectivity index (χ4v) is 1.97. The van der Waals surface area contributed by atoms with Crippen LogP contribution in [0.3, 0.4) is 0 Å². The van der Waals surface area contributed by atoms with Crippen LogP contribution >= 0.6 is 0 Å². The monoisotopic (exact) mass is 295 g/mol. The zero-order valence-electron chi connectivity index (χ0n) is 13.3. The Kier molecular flexibility index (Phi) is 7.02. The van der Waals surface area contributed by atoms with Crippen LogP contribution in [0.5, 0.6) is 11.5 Å². The third-order valence-corrected chi connectivity index (χ3v) is 3.41. The molecule has 0 aromatic heterocycles. The predicted octanol–water partition coefficient (Wildman–Crippen LogP) is 2.40. The predicted molar refractivity (Wildman–Crippen MR) is 81.8 cm³/mol. The van der Waals surface area contributed by atoms with Crippen molar-refractivity contribution in [2.45, 2.75) is 32.2 Å². The molecule has 5 nitrogen and oxygen atoms in total. The van der Waals surface area contributed by atoms with Gasteiger partial charge in [0.25, 0.3) is 0 Å².